The molecule has 34 heavy (non-hydrogen) atoms. The first-order valence-corrected chi connectivity index (χ1v) is 12.7. The van der Waals surface area contributed by atoms with Gasteiger partial charge in [-0.15, -0.1) is 0 Å². The molecule has 1 heterocycles. The largest absolute Gasteiger partial charge is 0.494 e. The van der Waals surface area contributed by atoms with Gasteiger partial charge >= 0.3 is 0 Å². The Morgan fingerprint density at radius 2 is 1.79 bits per heavy atom. The van der Waals surface area contributed by atoms with Gasteiger partial charge in [-0.25, -0.2) is 4.99 Å². The van der Waals surface area contributed by atoms with E-state index < -0.39 is 0 Å². The van der Waals surface area contributed by atoms with Gasteiger partial charge in [-0.3, -0.25) is 4.79 Å². The van der Waals surface area contributed by atoms with Crippen molar-refractivity contribution in [2.24, 2.45) is 4.99 Å². The fraction of sp³-hybridized carbons (Fsp3) is 0.120. The summed E-state index contributed by atoms with van der Waals surface area (Å²) in [4.78, 5) is 17.5. The first kappa shape index (κ1) is 24.7. The van der Waals surface area contributed by atoms with Crippen molar-refractivity contribution in [3.63, 3.8) is 0 Å². The second kappa shape index (κ2) is 11.3. The molecule has 0 spiro atoms. The fourth-order valence-corrected chi connectivity index (χ4v) is 5.03. The number of nitrogens with zero attached hydrogens (tertiary/aromatic N) is 1. The molecule has 1 N–H and O–H groups in total. The van der Waals surface area contributed by atoms with Gasteiger partial charge in [0.1, 0.15) is 12.4 Å². The predicted molar refractivity (Wildman–Crippen MR) is 143 cm³/mol. The van der Waals surface area contributed by atoms with Gasteiger partial charge in [0, 0.05) is 5.02 Å². The van der Waals surface area contributed by atoms with Gasteiger partial charge in [-0.1, -0.05) is 35.3 Å². The van der Waals surface area contributed by atoms with Gasteiger partial charge in [-0.05, 0) is 100 Å². The molecule has 0 bridgehead atoms. The number of ether oxygens (including phenoxy) is 2. The van der Waals surface area contributed by atoms with Crippen LogP contribution in [0.3, 0.4) is 0 Å². The van der Waals surface area contributed by atoms with E-state index in [4.69, 9.17) is 32.7 Å². The van der Waals surface area contributed by atoms with Crippen LogP contribution in [0.5, 0.6) is 11.5 Å². The standard InChI is InChI=1S/C25H19BrCl2N2O3S/c1-2-32-19-9-7-18(8-10-19)29-25-30-24(31)22(34-25)13-16-11-20(26)23(21(28)12-16)33-14-15-3-5-17(27)6-4-15/h3-13H,2,14H2,1H3,(H,29,30,31)/b22-13+. The monoisotopic (exact) mass is 576 g/mol. The molecule has 1 saturated heterocycles. The van der Waals surface area contributed by atoms with Gasteiger partial charge in [0.25, 0.3) is 5.91 Å². The van der Waals surface area contributed by atoms with Crippen molar-refractivity contribution >= 4 is 73.7 Å². The number of halogens is 3. The highest BCUT2D eigenvalue weighted by molar-refractivity contribution is 9.10. The van der Waals surface area contributed by atoms with Crippen LogP contribution < -0.4 is 14.8 Å². The minimum Gasteiger partial charge on any atom is -0.494 e. The highest BCUT2D eigenvalue weighted by atomic mass is 79.9. The van der Waals surface area contributed by atoms with E-state index in [1.165, 1.54) is 11.8 Å². The zero-order valence-electron chi connectivity index (χ0n) is 18.0. The van der Waals surface area contributed by atoms with Crippen molar-refractivity contribution in [1.29, 1.82) is 0 Å². The summed E-state index contributed by atoms with van der Waals surface area (Å²) in [5.41, 5.74) is 2.45. The van der Waals surface area contributed by atoms with Crippen molar-refractivity contribution in [3.8, 4) is 11.5 Å². The SMILES string of the molecule is CCOc1ccc(N=C2NC(=O)/C(=C\c3cc(Cl)c(OCc4ccc(Cl)cc4)c(Br)c3)S2)cc1. The molecule has 0 unspecified atom stereocenters. The number of hydrogen-bond acceptors (Lipinski definition) is 5. The van der Waals surface area contributed by atoms with E-state index in [2.05, 4.69) is 26.2 Å². The van der Waals surface area contributed by atoms with Gasteiger partial charge in [0.15, 0.2) is 10.9 Å². The number of amides is 1. The van der Waals surface area contributed by atoms with E-state index in [0.29, 0.717) is 43.6 Å². The third kappa shape index (κ3) is 6.36. The fourth-order valence-electron chi connectivity index (χ4n) is 3.07. The maximum atomic E-state index is 12.5. The van der Waals surface area contributed by atoms with E-state index in [1.54, 1.807) is 12.1 Å². The van der Waals surface area contributed by atoms with Crippen LogP contribution >= 0.6 is 50.9 Å². The predicted octanol–water partition coefficient (Wildman–Crippen LogP) is 7.63. The van der Waals surface area contributed by atoms with E-state index in [9.17, 15) is 4.79 Å². The average Bonchev–Trinajstić information content (AvgIpc) is 3.14. The Morgan fingerprint density at radius 1 is 1.06 bits per heavy atom. The van der Waals surface area contributed by atoms with Gasteiger partial charge < -0.3 is 14.8 Å². The van der Waals surface area contributed by atoms with E-state index in [0.717, 1.165) is 22.6 Å². The van der Waals surface area contributed by atoms with Crippen LogP contribution in [0, 0.1) is 0 Å². The summed E-state index contributed by atoms with van der Waals surface area (Å²) in [6.07, 6.45) is 1.76. The molecule has 3 aromatic carbocycles. The molecular weight excluding hydrogens is 559 g/mol. The zero-order valence-corrected chi connectivity index (χ0v) is 21.9. The summed E-state index contributed by atoms with van der Waals surface area (Å²) in [6.45, 7) is 2.88. The number of aliphatic imine (C=N–C) groups is 1. The maximum Gasteiger partial charge on any atom is 0.264 e. The normalized spacial score (nSPS) is 15.6. The molecule has 0 atom stereocenters. The van der Waals surface area contributed by atoms with Crippen LogP contribution in [0.1, 0.15) is 18.1 Å². The minimum absolute atomic E-state index is 0.218. The molecule has 0 aliphatic carbocycles. The molecular formula is C25H19BrCl2N2O3S. The lowest BCUT2D eigenvalue weighted by molar-refractivity contribution is -0.115. The third-order valence-electron chi connectivity index (χ3n) is 4.64. The highest BCUT2D eigenvalue weighted by Crippen LogP contribution is 2.37. The van der Waals surface area contributed by atoms with Crippen molar-refractivity contribution < 1.29 is 14.3 Å². The first-order valence-electron chi connectivity index (χ1n) is 10.3. The molecule has 4 rings (SSSR count). The number of benzene rings is 3. The van der Waals surface area contributed by atoms with E-state index >= 15 is 0 Å². The van der Waals surface area contributed by atoms with Gasteiger partial charge in [0.05, 0.1) is 26.7 Å². The number of nitrogens with one attached hydrogen (secondary N) is 1. The summed E-state index contributed by atoms with van der Waals surface area (Å²) in [5.74, 6) is 1.09. The van der Waals surface area contributed by atoms with Crippen molar-refractivity contribution in [1.82, 2.24) is 5.32 Å². The average molecular weight is 578 g/mol. The van der Waals surface area contributed by atoms with Crippen molar-refractivity contribution in [3.05, 3.63) is 91.2 Å². The molecule has 3 aromatic rings. The molecule has 5 nitrogen and oxygen atoms in total. The molecule has 1 amide bonds. The smallest absolute Gasteiger partial charge is 0.264 e. The quantitative estimate of drug-likeness (QED) is 0.293. The Bertz CT molecular complexity index is 1240. The molecule has 1 aliphatic heterocycles. The molecule has 9 heteroatoms. The number of amidine groups is 1. The first-order chi connectivity index (χ1) is 16.4. The lowest BCUT2D eigenvalue weighted by Crippen LogP contribution is -2.19. The number of thioether (sulfide) groups is 1. The second-order valence-electron chi connectivity index (χ2n) is 7.14. The van der Waals surface area contributed by atoms with Crippen LogP contribution in [0.4, 0.5) is 5.69 Å². The zero-order chi connectivity index (χ0) is 24.1. The topological polar surface area (TPSA) is 59.9 Å². The van der Waals surface area contributed by atoms with Crippen LogP contribution in [0.2, 0.25) is 10.0 Å². The number of rotatable bonds is 7. The Hall–Kier alpha value is -2.45. The van der Waals surface area contributed by atoms with Crippen LogP contribution in [0.15, 0.2) is 75.0 Å². The number of carbonyl (C=O) groups excluding carboxylic acids is 1. The van der Waals surface area contributed by atoms with E-state index in [1.807, 2.05) is 61.5 Å². The molecule has 0 radical (unpaired) electrons. The molecule has 0 aromatic heterocycles. The molecule has 174 valence electrons. The lowest BCUT2D eigenvalue weighted by Gasteiger charge is -2.11. The van der Waals surface area contributed by atoms with Crippen molar-refractivity contribution in [2.75, 3.05) is 6.61 Å². The summed E-state index contributed by atoms with van der Waals surface area (Å²) in [7, 11) is 0. The maximum absolute atomic E-state index is 12.5. The summed E-state index contributed by atoms with van der Waals surface area (Å²) in [6, 6.07) is 18.4. The lowest BCUT2D eigenvalue weighted by atomic mass is 10.2. The summed E-state index contributed by atoms with van der Waals surface area (Å²) in [5, 5.41) is 4.40. The molecule has 1 aliphatic rings. The molecule has 0 saturated carbocycles. The number of carbonyl (C=O) groups is 1. The van der Waals surface area contributed by atoms with E-state index in [-0.39, 0.29) is 5.91 Å². The second-order valence-corrected chi connectivity index (χ2v) is 9.87. The Labute approximate surface area is 220 Å². The Kier molecular flexibility index (Phi) is 8.21. The van der Waals surface area contributed by atoms with Crippen molar-refractivity contribution in [2.45, 2.75) is 13.5 Å². The van der Waals surface area contributed by atoms with Crippen LogP contribution in [-0.2, 0) is 11.4 Å². The minimum atomic E-state index is -0.218. The molecule has 1 fully saturated rings. The van der Waals surface area contributed by atoms with Crippen LogP contribution in [-0.4, -0.2) is 17.7 Å². The summed E-state index contributed by atoms with van der Waals surface area (Å²) >= 11 is 17.2. The Morgan fingerprint density at radius 3 is 2.47 bits per heavy atom. The summed E-state index contributed by atoms with van der Waals surface area (Å²) < 4.78 is 12.0. The van der Waals surface area contributed by atoms with Gasteiger partial charge in [-0.2, -0.15) is 0 Å². The Balaban J connectivity index is 1.46. The highest BCUT2D eigenvalue weighted by Gasteiger charge is 2.24. The van der Waals surface area contributed by atoms with Gasteiger partial charge in [0.2, 0.25) is 0 Å². The third-order valence-corrected chi connectivity index (χ3v) is 6.68. The number of hydrogen-bond donors (Lipinski definition) is 1. The van der Waals surface area contributed by atoms with Crippen LogP contribution in [0.25, 0.3) is 6.08 Å².